The quantitative estimate of drug-likeness (QED) is 0.861. The van der Waals surface area contributed by atoms with Gasteiger partial charge < -0.3 is 14.8 Å². The highest BCUT2D eigenvalue weighted by Crippen LogP contribution is 2.25. The fourth-order valence-corrected chi connectivity index (χ4v) is 2.12. The van der Waals surface area contributed by atoms with Crippen LogP contribution in [0.1, 0.15) is 21.5 Å². The SMILES string of the molecule is COc1ccc(C)cc1NC(=O)COC(=O)c1ccccc1C. The van der Waals surface area contributed by atoms with E-state index in [0.717, 1.165) is 11.1 Å². The van der Waals surface area contributed by atoms with Gasteiger partial charge in [-0.2, -0.15) is 0 Å². The fourth-order valence-electron chi connectivity index (χ4n) is 2.12. The molecule has 0 atom stereocenters. The number of hydrogen-bond acceptors (Lipinski definition) is 4. The van der Waals surface area contributed by atoms with Crippen molar-refractivity contribution in [2.75, 3.05) is 19.0 Å². The zero-order valence-electron chi connectivity index (χ0n) is 13.4. The van der Waals surface area contributed by atoms with Gasteiger partial charge in [-0.25, -0.2) is 4.79 Å². The highest BCUT2D eigenvalue weighted by atomic mass is 16.5. The molecule has 0 unspecified atom stereocenters. The van der Waals surface area contributed by atoms with E-state index in [-0.39, 0.29) is 6.61 Å². The minimum absolute atomic E-state index is 0.357. The summed E-state index contributed by atoms with van der Waals surface area (Å²) in [6, 6.07) is 12.5. The van der Waals surface area contributed by atoms with Crippen molar-refractivity contribution in [2.24, 2.45) is 0 Å². The smallest absolute Gasteiger partial charge is 0.338 e. The van der Waals surface area contributed by atoms with Crippen LogP contribution in [-0.2, 0) is 9.53 Å². The molecule has 5 heteroatoms. The van der Waals surface area contributed by atoms with Crippen molar-refractivity contribution in [3.8, 4) is 5.75 Å². The number of aryl methyl sites for hydroxylation is 2. The van der Waals surface area contributed by atoms with Gasteiger partial charge >= 0.3 is 5.97 Å². The number of methoxy groups -OCH3 is 1. The van der Waals surface area contributed by atoms with Gasteiger partial charge in [-0.15, -0.1) is 0 Å². The lowest BCUT2D eigenvalue weighted by Crippen LogP contribution is -2.21. The van der Waals surface area contributed by atoms with Crippen LogP contribution in [0, 0.1) is 13.8 Å². The fraction of sp³-hybridized carbons (Fsp3) is 0.222. The summed E-state index contributed by atoms with van der Waals surface area (Å²) in [7, 11) is 1.53. The van der Waals surface area contributed by atoms with Crippen LogP contribution >= 0.6 is 0 Å². The molecular formula is C18H19NO4. The van der Waals surface area contributed by atoms with Crippen LogP contribution < -0.4 is 10.1 Å². The van der Waals surface area contributed by atoms with Gasteiger partial charge in [-0.3, -0.25) is 4.79 Å². The lowest BCUT2D eigenvalue weighted by molar-refractivity contribution is -0.119. The Morgan fingerprint density at radius 3 is 2.52 bits per heavy atom. The Morgan fingerprint density at radius 1 is 1.09 bits per heavy atom. The number of benzene rings is 2. The molecule has 2 aromatic rings. The van der Waals surface area contributed by atoms with E-state index < -0.39 is 11.9 Å². The van der Waals surface area contributed by atoms with Gasteiger partial charge in [0.2, 0.25) is 0 Å². The number of carbonyl (C=O) groups is 2. The second-order valence-corrected chi connectivity index (χ2v) is 5.14. The summed E-state index contributed by atoms with van der Waals surface area (Å²) in [5.74, 6) is -0.389. The predicted molar refractivity (Wildman–Crippen MR) is 87.8 cm³/mol. The molecule has 0 aliphatic heterocycles. The Morgan fingerprint density at radius 2 is 1.83 bits per heavy atom. The third-order valence-electron chi connectivity index (χ3n) is 3.33. The van der Waals surface area contributed by atoms with Gasteiger partial charge in [0.15, 0.2) is 6.61 Å². The predicted octanol–water partition coefficient (Wildman–Crippen LogP) is 3.11. The highest BCUT2D eigenvalue weighted by molar-refractivity contribution is 5.96. The first-order valence-electron chi connectivity index (χ1n) is 7.18. The summed E-state index contributed by atoms with van der Waals surface area (Å²) in [4.78, 5) is 23.9. The minimum atomic E-state index is -0.519. The average molecular weight is 313 g/mol. The summed E-state index contributed by atoms with van der Waals surface area (Å²) >= 11 is 0. The minimum Gasteiger partial charge on any atom is -0.495 e. The third-order valence-corrected chi connectivity index (χ3v) is 3.33. The third kappa shape index (κ3) is 4.32. The number of nitrogens with one attached hydrogen (secondary N) is 1. The normalized spacial score (nSPS) is 10.0. The number of esters is 1. The Labute approximate surface area is 135 Å². The molecular weight excluding hydrogens is 294 g/mol. The largest absolute Gasteiger partial charge is 0.495 e. The van der Waals surface area contributed by atoms with Crippen molar-refractivity contribution in [3.63, 3.8) is 0 Å². The first-order chi connectivity index (χ1) is 11.0. The average Bonchev–Trinajstić information content (AvgIpc) is 2.53. The summed E-state index contributed by atoms with van der Waals surface area (Å²) in [6.07, 6.45) is 0. The van der Waals surface area contributed by atoms with Gasteiger partial charge in [0, 0.05) is 0 Å². The standard InChI is InChI=1S/C18H19NO4/c1-12-8-9-16(22-3)15(10-12)19-17(20)11-23-18(21)14-7-5-4-6-13(14)2/h4-10H,11H2,1-3H3,(H,19,20). The van der Waals surface area contributed by atoms with Gasteiger partial charge in [0.25, 0.3) is 5.91 Å². The molecule has 0 aliphatic rings. The van der Waals surface area contributed by atoms with Crippen molar-refractivity contribution in [1.82, 2.24) is 0 Å². The molecule has 0 bridgehead atoms. The number of amides is 1. The molecule has 0 aliphatic carbocycles. The van der Waals surface area contributed by atoms with Crippen LogP contribution in [0.4, 0.5) is 5.69 Å². The maximum atomic E-state index is 12.0. The van der Waals surface area contributed by atoms with Crippen molar-refractivity contribution in [2.45, 2.75) is 13.8 Å². The molecule has 0 radical (unpaired) electrons. The van der Waals surface area contributed by atoms with Crippen LogP contribution in [-0.4, -0.2) is 25.6 Å². The van der Waals surface area contributed by atoms with E-state index in [1.54, 1.807) is 24.3 Å². The van der Waals surface area contributed by atoms with Crippen molar-refractivity contribution >= 4 is 17.6 Å². The molecule has 0 saturated carbocycles. The maximum Gasteiger partial charge on any atom is 0.338 e. The van der Waals surface area contributed by atoms with Crippen molar-refractivity contribution < 1.29 is 19.1 Å². The number of carbonyl (C=O) groups excluding carboxylic acids is 2. The van der Waals surface area contributed by atoms with E-state index in [2.05, 4.69) is 5.32 Å². The van der Waals surface area contributed by atoms with Crippen LogP contribution in [0.5, 0.6) is 5.75 Å². The summed E-state index contributed by atoms with van der Waals surface area (Å²) in [5.41, 5.74) is 2.79. The highest BCUT2D eigenvalue weighted by Gasteiger charge is 2.13. The zero-order valence-corrected chi connectivity index (χ0v) is 13.4. The molecule has 2 aromatic carbocycles. The molecule has 23 heavy (non-hydrogen) atoms. The van der Waals surface area contributed by atoms with E-state index in [9.17, 15) is 9.59 Å². The summed E-state index contributed by atoms with van der Waals surface area (Å²) < 4.78 is 10.2. The first-order valence-corrected chi connectivity index (χ1v) is 7.18. The van der Waals surface area contributed by atoms with Crippen LogP contribution in [0.2, 0.25) is 0 Å². The van der Waals surface area contributed by atoms with Crippen molar-refractivity contribution in [1.29, 1.82) is 0 Å². The van der Waals surface area contributed by atoms with E-state index in [1.165, 1.54) is 7.11 Å². The molecule has 0 saturated heterocycles. The molecule has 0 aromatic heterocycles. The Bertz CT molecular complexity index is 725. The lowest BCUT2D eigenvalue weighted by atomic mass is 10.1. The molecule has 0 fully saturated rings. The summed E-state index contributed by atoms with van der Waals surface area (Å²) in [5, 5.41) is 2.68. The second-order valence-electron chi connectivity index (χ2n) is 5.14. The zero-order chi connectivity index (χ0) is 16.8. The first kappa shape index (κ1) is 16.5. The van der Waals surface area contributed by atoms with E-state index in [4.69, 9.17) is 9.47 Å². The molecule has 0 heterocycles. The van der Waals surface area contributed by atoms with Crippen LogP contribution in [0.3, 0.4) is 0 Å². The number of anilines is 1. The molecule has 1 amide bonds. The van der Waals surface area contributed by atoms with E-state index in [1.807, 2.05) is 32.0 Å². The van der Waals surface area contributed by atoms with Gasteiger partial charge in [-0.1, -0.05) is 24.3 Å². The van der Waals surface area contributed by atoms with Crippen molar-refractivity contribution in [3.05, 3.63) is 59.2 Å². The Hall–Kier alpha value is -2.82. The van der Waals surface area contributed by atoms with Gasteiger partial charge in [-0.05, 0) is 43.2 Å². The van der Waals surface area contributed by atoms with E-state index in [0.29, 0.717) is 17.0 Å². The molecule has 120 valence electrons. The molecule has 2 rings (SSSR count). The summed E-state index contributed by atoms with van der Waals surface area (Å²) in [6.45, 7) is 3.37. The van der Waals surface area contributed by atoms with Crippen LogP contribution in [0.25, 0.3) is 0 Å². The number of hydrogen-bond donors (Lipinski definition) is 1. The molecule has 5 nitrogen and oxygen atoms in total. The van der Waals surface area contributed by atoms with Gasteiger partial charge in [0.05, 0.1) is 18.4 Å². The molecule has 0 spiro atoms. The second kappa shape index (κ2) is 7.45. The lowest BCUT2D eigenvalue weighted by Gasteiger charge is -2.11. The monoisotopic (exact) mass is 313 g/mol. The van der Waals surface area contributed by atoms with E-state index >= 15 is 0 Å². The topological polar surface area (TPSA) is 64.6 Å². The Kier molecular flexibility index (Phi) is 5.36. The Balaban J connectivity index is 1.97. The van der Waals surface area contributed by atoms with Crippen LogP contribution in [0.15, 0.2) is 42.5 Å². The molecule has 1 N–H and O–H groups in total. The van der Waals surface area contributed by atoms with Gasteiger partial charge in [0.1, 0.15) is 5.75 Å². The number of rotatable bonds is 5. The number of ether oxygens (including phenoxy) is 2. The maximum absolute atomic E-state index is 12.0.